The molecule has 7 nitrogen and oxygen atoms in total. The minimum Gasteiger partial charge on any atom is -0.388 e. The van der Waals surface area contributed by atoms with Gasteiger partial charge in [0.25, 0.3) is 0 Å². The van der Waals surface area contributed by atoms with Crippen LogP contribution in [-0.2, 0) is 11.0 Å². The SMILES string of the molecule is CC(C)(c1ccc([C@H](O)CCCN2CCC(C(O)(c3ccccc3)c3ccccc3)CC2)cc1)c1nn[nH]n1. The normalized spacial score (nSPS) is 16.3. The lowest BCUT2D eigenvalue weighted by Crippen LogP contribution is -2.44. The maximum atomic E-state index is 12.1. The highest BCUT2D eigenvalue weighted by Crippen LogP contribution is 2.42. The second-order valence-electron chi connectivity index (χ2n) is 11.3. The van der Waals surface area contributed by atoms with E-state index in [-0.39, 0.29) is 11.3 Å². The van der Waals surface area contributed by atoms with Gasteiger partial charge in [-0.05, 0) is 87.3 Å². The Hall–Kier alpha value is -3.39. The molecule has 2 heterocycles. The van der Waals surface area contributed by atoms with Crippen LogP contribution in [0.1, 0.15) is 73.7 Å². The largest absolute Gasteiger partial charge is 0.388 e. The Labute approximate surface area is 230 Å². The van der Waals surface area contributed by atoms with E-state index in [4.69, 9.17) is 0 Å². The van der Waals surface area contributed by atoms with Crippen molar-refractivity contribution < 1.29 is 10.2 Å². The number of hydrogen-bond donors (Lipinski definition) is 3. The van der Waals surface area contributed by atoms with Crippen LogP contribution >= 0.6 is 0 Å². The average molecular weight is 526 g/mol. The van der Waals surface area contributed by atoms with Gasteiger partial charge in [0.05, 0.1) is 11.5 Å². The van der Waals surface area contributed by atoms with Crippen LogP contribution in [0.25, 0.3) is 0 Å². The van der Waals surface area contributed by atoms with Crippen LogP contribution in [-0.4, -0.2) is 55.4 Å². The molecular formula is C32H39N5O2. The fraction of sp³-hybridized carbons (Fsp3) is 0.406. The van der Waals surface area contributed by atoms with Crippen LogP contribution in [0.4, 0.5) is 0 Å². The maximum Gasteiger partial charge on any atom is 0.184 e. The minimum absolute atomic E-state index is 0.152. The maximum absolute atomic E-state index is 12.1. The number of aliphatic hydroxyl groups is 2. The summed E-state index contributed by atoms with van der Waals surface area (Å²) in [4.78, 5) is 2.47. The Kier molecular flexibility index (Phi) is 8.21. The molecule has 204 valence electrons. The fourth-order valence-corrected chi connectivity index (χ4v) is 5.95. The molecule has 0 amide bonds. The smallest absolute Gasteiger partial charge is 0.184 e. The number of piperidine rings is 1. The number of rotatable bonds is 10. The van der Waals surface area contributed by atoms with Crippen molar-refractivity contribution in [3.63, 3.8) is 0 Å². The summed E-state index contributed by atoms with van der Waals surface area (Å²) in [5.41, 5.74) is 2.57. The molecule has 1 fully saturated rings. The van der Waals surface area contributed by atoms with Crippen molar-refractivity contribution in [2.45, 2.75) is 56.7 Å². The predicted octanol–water partition coefficient (Wildman–Crippen LogP) is 4.99. The monoisotopic (exact) mass is 525 g/mol. The van der Waals surface area contributed by atoms with Gasteiger partial charge in [0.2, 0.25) is 0 Å². The van der Waals surface area contributed by atoms with E-state index in [0.717, 1.165) is 61.2 Å². The zero-order valence-corrected chi connectivity index (χ0v) is 22.9. The number of likely N-dealkylation sites (tertiary alicyclic amines) is 1. The molecule has 1 aliphatic rings. The number of hydrogen-bond acceptors (Lipinski definition) is 6. The molecule has 0 bridgehead atoms. The molecule has 39 heavy (non-hydrogen) atoms. The molecule has 1 saturated heterocycles. The molecule has 0 radical (unpaired) electrons. The third-order valence-electron chi connectivity index (χ3n) is 8.48. The lowest BCUT2D eigenvalue weighted by Gasteiger charge is -2.42. The van der Waals surface area contributed by atoms with E-state index in [9.17, 15) is 10.2 Å². The molecule has 3 aromatic carbocycles. The van der Waals surface area contributed by atoms with E-state index in [1.807, 2.05) is 84.9 Å². The summed E-state index contributed by atoms with van der Waals surface area (Å²) < 4.78 is 0. The summed E-state index contributed by atoms with van der Waals surface area (Å²) in [6.45, 7) is 6.97. The van der Waals surface area contributed by atoms with Crippen LogP contribution in [0.15, 0.2) is 84.9 Å². The third-order valence-corrected chi connectivity index (χ3v) is 8.48. The fourth-order valence-electron chi connectivity index (χ4n) is 5.95. The number of H-pyrrole nitrogens is 1. The summed E-state index contributed by atoms with van der Waals surface area (Å²) in [5, 5.41) is 37.4. The lowest BCUT2D eigenvalue weighted by atomic mass is 9.72. The van der Waals surface area contributed by atoms with E-state index >= 15 is 0 Å². The lowest BCUT2D eigenvalue weighted by molar-refractivity contribution is -0.0146. The number of benzene rings is 3. The predicted molar refractivity (Wildman–Crippen MR) is 152 cm³/mol. The molecule has 5 rings (SSSR count). The van der Waals surface area contributed by atoms with Gasteiger partial charge in [-0.1, -0.05) is 90.1 Å². The number of aliphatic hydroxyl groups excluding tert-OH is 1. The second-order valence-corrected chi connectivity index (χ2v) is 11.3. The van der Waals surface area contributed by atoms with Crippen molar-refractivity contribution in [2.24, 2.45) is 5.92 Å². The molecule has 1 aromatic heterocycles. The molecule has 4 aromatic rings. The van der Waals surface area contributed by atoms with Gasteiger partial charge in [-0.2, -0.15) is 5.21 Å². The first-order chi connectivity index (χ1) is 18.9. The van der Waals surface area contributed by atoms with E-state index < -0.39 is 11.7 Å². The van der Waals surface area contributed by atoms with Crippen molar-refractivity contribution in [1.82, 2.24) is 25.5 Å². The van der Waals surface area contributed by atoms with Crippen molar-refractivity contribution in [2.75, 3.05) is 19.6 Å². The molecule has 3 N–H and O–H groups in total. The number of nitrogens with one attached hydrogen (secondary N) is 1. The highest BCUT2D eigenvalue weighted by Gasteiger charge is 2.41. The van der Waals surface area contributed by atoms with Crippen LogP contribution in [0, 0.1) is 5.92 Å². The summed E-state index contributed by atoms with van der Waals surface area (Å²) in [6.07, 6.45) is 3.00. The van der Waals surface area contributed by atoms with E-state index in [0.29, 0.717) is 12.2 Å². The van der Waals surface area contributed by atoms with Crippen molar-refractivity contribution in [3.05, 3.63) is 113 Å². The Morgan fingerprint density at radius 3 is 2.00 bits per heavy atom. The summed E-state index contributed by atoms with van der Waals surface area (Å²) in [5.74, 6) is 0.796. The van der Waals surface area contributed by atoms with Gasteiger partial charge in [-0.3, -0.25) is 0 Å². The van der Waals surface area contributed by atoms with Gasteiger partial charge in [0.15, 0.2) is 5.82 Å². The molecular weight excluding hydrogens is 486 g/mol. The van der Waals surface area contributed by atoms with Gasteiger partial charge in [-0.15, -0.1) is 10.2 Å². The topological polar surface area (TPSA) is 98.2 Å². The van der Waals surface area contributed by atoms with Gasteiger partial charge in [0.1, 0.15) is 5.60 Å². The number of aromatic nitrogens is 4. The van der Waals surface area contributed by atoms with E-state index in [1.165, 1.54) is 0 Å². The summed E-state index contributed by atoms with van der Waals surface area (Å²) in [6, 6.07) is 28.3. The molecule has 1 aliphatic heterocycles. The molecule has 0 saturated carbocycles. The van der Waals surface area contributed by atoms with Gasteiger partial charge < -0.3 is 15.1 Å². The first-order valence-electron chi connectivity index (χ1n) is 14.0. The Morgan fingerprint density at radius 2 is 1.46 bits per heavy atom. The number of aromatic amines is 1. The van der Waals surface area contributed by atoms with Crippen LogP contribution in [0.3, 0.4) is 0 Å². The average Bonchev–Trinajstić information content (AvgIpc) is 3.54. The first kappa shape index (κ1) is 27.2. The molecule has 1 atom stereocenters. The number of tetrazole rings is 1. The van der Waals surface area contributed by atoms with E-state index in [2.05, 4.69) is 39.4 Å². The minimum atomic E-state index is -0.991. The Morgan fingerprint density at radius 1 is 0.872 bits per heavy atom. The summed E-state index contributed by atoms with van der Waals surface area (Å²) in [7, 11) is 0. The van der Waals surface area contributed by atoms with Crippen molar-refractivity contribution in [1.29, 1.82) is 0 Å². The third kappa shape index (κ3) is 5.81. The van der Waals surface area contributed by atoms with E-state index in [1.54, 1.807) is 0 Å². The molecule has 0 spiro atoms. The summed E-state index contributed by atoms with van der Waals surface area (Å²) >= 11 is 0. The first-order valence-corrected chi connectivity index (χ1v) is 14.0. The standard InChI is InChI=1S/C32H39N5O2/c1-31(2,30-33-35-36-34-30)25-17-15-24(16-18-25)29(38)14-9-21-37-22-19-28(20-23-37)32(39,26-10-5-3-6-11-26)27-12-7-4-8-13-27/h3-8,10-13,15-18,28-29,38-39H,9,14,19-23H2,1-2H3,(H,33,34,35,36)/t29-/m1/s1. The zero-order chi connectivity index (χ0) is 27.3. The second kappa shape index (κ2) is 11.8. The molecule has 0 unspecified atom stereocenters. The highest BCUT2D eigenvalue weighted by atomic mass is 16.3. The van der Waals surface area contributed by atoms with Gasteiger partial charge >= 0.3 is 0 Å². The van der Waals surface area contributed by atoms with Gasteiger partial charge in [0, 0.05) is 0 Å². The Balaban J connectivity index is 1.14. The van der Waals surface area contributed by atoms with Gasteiger partial charge in [-0.25, -0.2) is 0 Å². The Bertz CT molecular complexity index is 1250. The van der Waals surface area contributed by atoms with Crippen molar-refractivity contribution in [3.8, 4) is 0 Å². The highest BCUT2D eigenvalue weighted by molar-refractivity contribution is 5.37. The quantitative estimate of drug-likeness (QED) is 0.270. The molecule has 7 heteroatoms. The van der Waals surface area contributed by atoms with Crippen LogP contribution in [0.5, 0.6) is 0 Å². The molecule has 0 aliphatic carbocycles. The van der Waals surface area contributed by atoms with Crippen LogP contribution in [0.2, 0.25) is 0 Å². The zero-order valence-electron chi connectivity index (χ0n) is 22.9. The number of nitrogens with zero attached hydrogens (tertiary/aromatic N) is 4. The van der Waals surface area contributed by atoms with Crippen LogP contribution < -0.4 is 0 Å². The van der Waals surface area contributed by atoms with Crippen molar-refractivity contribution >= 4 is 0 Å².